The number of guanidine groups is 1. The molecule has 1 saturated heterocycles. The number of nitrogens with one attached hydrogen (secondary N) is 1. The second-order valence-corrected chi connectivity index (χ2v) is 7.68. The third-order valence-corrected chi connectivity index (χ3v) is 4.99. The van der Waals surface area contributed by atoms with Gasteiger partial charge in [0.05, 0.1) is 26.0 Å². The van der Waals surface area contributed by atoms with E-state index in [2.05, 4.69) is 5.10 Å². The maximum Gasteiger partial charge on any atom is 0.303 e. The highest BCUT2D eigenvalue weighted by molar-refractivity contribution is 5.97. The molecule has 3 rings (SSSR count). The molecule has 2 aromatic carbocycles. The van der Waals surface area contributed by atoms with Crippen molar-refractivity contribution in [2.75, 3.05) is 40.0 Å². The van der Waals surface area contributed by atoms with Crippen molar-refractivity contribution in [1.82, 2.24) is 9.91 Å². The van der Waals surface area contributed by atoms with Crippen LogP contribution in [-0.2, 0) is 23.8 Å². The number of amides is 1. The van der Waals surface area contributed by atoms with Crippen LogP contribution in [0.4, 0.5) is 0 Å². The number of rotatable bonds is 10. The van der Waals surface area contributed by atoms with Gasteiger partial charge in [0.15, 0.2) is 12.9 Å². The second-order valence-electron chi connectivity index (χ2n) is 7.68. The first-order valence-electron chi connectivity index (χ1n) is 11.2. The zero-order chi connectivity index (χ0) is 25.0. The Morgan fingerprint density at radius 2 is 1.89 bits per heavy atom. The molecule has 10 nitrogen and oxygen atoms in total. The van der Waals surface area contributed by atoms with Crippen molar-refractivity contribution in [2.45, 2.75) is 19.6 Å². The van der Waals surface area contributed by atoms with Gasteiger partial charge < -0.3 is 18.9 Å². The van der Waals surface area contributed by atoms with Crippen LogP contribution in [0.1, 0.15) is 30.8 Å². The van der Waals surface area contributed by atoms with E-state index in [1.54, 1.807) is 13.3 Å². The summed E-state index contributed by atoms with van der Waals surface area (Å²) in [6, 6.07) is 16.9. The lowest BCUT2D eigenvalue weighted by atomic mass is 10.2. The standard InChI is InChI=1S/C25H30N4O6/c1-19(30)35-18-23(31)29(25(26)28(2)27-17-20-8-4-3-5-9-20)12-7-13-32-22-11-6-10-21(16-22)24-33-14-15-34-24/h3-6,8-11,16-17,24,26H,7,12-15,18H2,1-2H3. The van der Waals surface area contributed by atoms with Crippen LogP contribution >= 0.6 is 0 Å². The van der Waals surface area contributed by atoms with Crippen LogP contribution in [0.5, 0.6) is 5.75 Å². The summed E-state index contributed by atoms with van der Waals surface area (Å²) < 4.78 is 21.7. The number of hydrogen-bond donors (Lipinski definition) is 1. The van der Waals surface area contributed by atoms with Gasteiger partial charge in [-0.1, -0.05) is 42.5 Å². The zero-order valence-corrected chi connectivity index (χ0v) is 19.9. The highest BCUT2D eigenvalue weighted by Crippen LogP contribution is 2.26. The molecule has 1 fully saturated rings. The van der Waals surface area contributed by atoms with E-state index in [4.69, 9.17) is 24.4 Å². The van der Waals surface area contributed by atoms with Crippen molar-refractivity contribution in [2.24, 2.45) is 5.10 Å². The normalized spacial score (nSPS) is 13.5. The van der Waals surface area contributed by atoms with Crippen LogP contribution in [-0.4, -0.2) is 74.0 Å². The van der Waals surface area contributed by atoms with E-state index < -0.39 is 18.5 Å². The van der Waals surface area contributed by atoms with Crippen molar-refractivity contribution in [3.05, 3.63) is 65.7 Å². The van der Waals surface area contributed by atoms with Crippen molar-refractivity contribution in [1.29, 1.82) is 5.41 Å². The summed E-state index contributed by atoms with van der Waals surface area (Å²) >= 11 is 0. The minimum Gasteiger partial charge on any atom is -0.494 e. The SMILES string of the molecule is CC(=O)OCC(=O)N(CCCOc1cccc(C2OCCO2)c1)C(=N)N(C)N=Cc1ccccc1. The van der Waals surface area contributed by atoms with Crippen LogP contribution in [0.15, 0.2) is 59.7 Å². The van der Waals surface area contributed by atoms with Crippen LogP contribution in [0.2, 0.25) is 0 Å². The van der Waals surface area contributed by atoms with Crippen molar-refractivity contribution < 1.29 is 28.5 Å². The summed E-state index contributed by atoms with van der Waals surface area (Å²) in [6.07, 6.45) is 1.64. The Balaban J connectivity index is 1.57. The number of nitrogens with zero attached hydrogens (tertiary/aromatic N) is 3. The van der Waals surface area contributed by atoms with E-state index in [9.17, 15) is 9.59 Å². The Morgan fingerprint density at radius 1 is 1.14 bits per heavy atom. The van der Waals surface area contributed by atoms with Gasteiger partial charge in [0.25, 0.3) is 5.91 Å². The first-order chi connectivity index (χ1) is 16.9. The van der Waals surface area contributed by atoms with Gasteiger partial charge in [-0.3, -0.25) is 19.9 Å². The quantitative estimate of drug-likeness (QED) is 0.182. The summed E-state index contributed by atoms with van der Waals surface area (Å²) in [4.78, 5) is 25.1. The average Bonchev–Trinajstić information content (AvgIpc) is 3.41. The Morgan fingerprint density at radius 3 is 2.60 bits per heavy atom. The lowest BCUT2D eigenvalue weighted by molar-refractivity contribution is -0.148. The number of ether oxygens (including phenoxy) is 4. The molecule has 35 heavy (non-hydrogen) atoms. The molecule has 2 aromatic rings. The maximum absolute atomic E-state index is 12.7. The zero-order valence-electron chi connectivity index (χ0n) is 19.9. The van der Waals surface area contributed by atoms with Crippen LogP contribution in [0.25, 0.3) is 0 Å². The Bertz CT molecular complexity index is 1020. The number of carbonyl (C=O) groups excluding carboxylic acids is 2. The van der Waals surface area contributed by atoms with Crippen molar-refractivity contribution in [3.63, 3.8) is 0 Å². The molecule has 10 heteroatoms. The van der Waals surface area contributed by atoms with E-state index in [1.807, 2.05) is 54.6 Å². The van der Waals surface area contributed by atoms with Crippen LogP contribution in [0.3, 0.4) is 0 Å². The van der Waals surface area contributed by atoms with Gasteiger partial charge in [0.1, 0.15) is 5.75 Å². The highest BCUT2D eigenvalue weighted by Gasteiger charge is 2.22. The van der Waals surface area contributed by atoms with Gasteiger partial charge in [-0.2, -0.15) is 5.10 Å². The molecule has 0 radical (unpaired) electrons. The fourth-order valence-corrected chi connectivity index (χ4v) is 3.23. The van der Waals surface area contributed by atoms with Crippen molar-refractivity contribution >= 4 is 24.1 Å². The maximum atomic E-state index is 12.7. The Hall–Kier alpha value is -3.76. The smallest absolute Gasteiger partial charge is 0.303 e. The Kier molecular flexibility index (Phi) is 9.76. The second kappa shape index (κ2) is 13.2. The molecule has 0 atom stereocenters. The summed E-state index contributed by atoms with van der Waals surface area (Å²) in [5, 5.41) is 14.0. The third kappa shape index (κ3) is 8.20. The molecule has 0 aromatic heterocycles. The predicted molar refractivity (Wildman–Crippen MR) is 129 cm³/mol. The van der Waals surface area contributed by atoms with Gasteiger partial charge in [0.2, 0.25) is 5.96 Å². The third-order valence-electron chi connectivity index (χ3n) is 4.99. The molecular weight excluding hydrogens is 452 g/mol. The molecule has 0 unspecified atom stereocenters. The summed E-state index contributed by atoms with van der Waals surface area (Å²) in [6.45, 7) is 2.36. The monoisotopic (exact) mass is 482 g/mol. The number of esters is 1. The van der Waals surface area contributed by atoms with Gasteiger partial charge in [-0.25, -0.2) is 5.01 Å². The molecular formula is C25H30N4O6. The van der Waals surface area contributed by atoms with Gasteiger partial charge in [0, 0.05) is 26.1 Å². The number of hydrogen-bond acceptors (Lipinski definition) is 8. The molecule has 0 aliphatic carbocycles. The molecule has 1 amide bonds. The predicted octanol–water partition coefficient (Wildman–Crippen LogP) is 2.79. The van der Waals surface area contributed by atoms with E-state index in [1.165, 1.54) is 16.8 Å². The molecule has 1 aliphatic rings. The van der Waals surface area contributed by atoms with E-state index >= 15 is 0 Å². The fraction of sp³-hybridized carbons (Fsp3) is 0.360. The van der Waals surface area contributed by atoms with Gasteiger partial charge >= 0.3 is 5.97 Å². The lowest BCUT2D eigenvalue weighted by Gasteiger charge is -2.26. The molecule has 0 saturated carbocycles. The molecule has 1 heterocycles. The van der Waals surface area contributed by atoms with E-state index in [-0.39, 0.29) is 18.8 Å². The van der Waals surface area contributed by atoms with Crippen molar-refractivity contribution in [3.8, 4) is 5.75 Å². The van der Waals surface area contributed by atoms with Gasteiger partial charge in [-0.05, 0) is 24.1 Å². The minimum absolute atomic E-state index is 0.146. The largest absolute Gasteiger partial charge is 0.494 e. The minimum atomic E-state index is -0.571. The fourth-order valence-electron chi connectivity index (χ4n) is 3.23. The first-order valence-corrected chi connectivity index (χ1v) is 11.2. The number of benzene rings is 2. The lowest BCUT2D eigenvalue weighted by Crippen LogP contribution is -2.46. The number of carbonyl (C=O) groups is 2. The molecule has 0 bridgehead atoms. The molecule has 1 aliphatic heterocycles. The summed E-state index contributed by atoms with van der Waals surface area (Å²) in [5.41, 5.74) is 1.73. The summed E-state index contributed by atoms with van der Waals surface area (Å²) in [7, 11) is 1.57. The summed E-state index contributed by atoms with van der Waals surface area (Å²) in [5.74, 6) is -0.589. The van der Waals surface area contributed by atoms with Crippen LogP contribution < -0.4 is 4.74 Å². The highest BCUT2D eigenvalue weighted by atomic mass is 16.7. The van der Waals surface area contributed by atoms with E-state index in [0.717, 1.165) is 11.1 Å². The average molecular weight is 483 g/mol. The Labute approximate surface area is 204 Å². The molecule has 186 valence electrons. The van der Waals surface area contributed by atoms with E-state index in [0.29, 0.717) is 32.0 Å². The first kappa shape index (κ1) is 25.9. The molecule has 0 spiro atoms. The number of hydrazone groups is 1. The van der Waals surface area contributed by atoms with Crippen LogP contribution in [0, 0.1) is 5.41 Å². The topological polar surface area (TPSA) is 114 Å². The van der Waals surface area contributed by atoms with Gasteiger partial charge in [-0.15, -0.1) is 0 Å². The molecule has 1 N–H and O–H groups in total.